The summed E-state index contributed by atoms with van der Waals surface area (Å²) >= 11 is 6.02. The molecule has 11 heteroatoms. The molecule has 1 saturated heterocycles. The molecule has 1 atom stereocenters. The number of amides is 4. The van der Waals surface area contributed by atoms with Gasteiger partial charge in [0, 0.05) is 13.8 Å². The van der Waals surface area contributed by atoms with Crippen molar-refractivity contribution in [1.82, 2.24) is 15.2 Å². The number of carbonyl (C=O) groups excluding carboxylic acids is 3. The van der Waals surface area contributed by atoms with E-state index in [1.54, 1.807) is 13.8 Å². The van der Waals surface area contributed by atoms with E-state index in [2.05, 4.69) is 0 Å². The SMILES string of the molecule is Cc1c(C)[n+]([O-])c([C@@H](c2ccc(O)c(Cl)c2)C2C(=O)NC(=O)NC2=O)n1CCO. The lowest BCUT2D eigenvalue weighted by molar-refractivity contribution is -0.621. The zero-order valence-electron chi connectivity index (χ0n) is 15.6. The van der Waals surface area contributed by atoms with Crippen LogP contribution < -0.4 is 15.4 Å². The fourth-order valence-electron chi connectivity index (χ4n) is 3.51. The quantitative estimate of drug-likeness (QED) is 0.307. The van der Waals surface area contributed by atoms with Crippen molar-refractivity contribution < 1.29 is 29.3 Å². The highest BCUT2D eigenvalue weighted by Gasteiger charge is 2.47. The van der Waals surface area contributed by atoms with Crippen LogP contribution in [0.1, 0.15) is 28.7 Å². The molecule has 3 rings (SSSR count). The predicted octanol–water partition coefficient (Wildman–Crippen LogP) is 0.204. The highest BCUT2D eigenvalue weighted by atomic mass is 35.5. The van der Waals surface area contributed by atoms with Gasteiger partial charge in [-0.15, -0.1) is 0 Å². The van der Waals surface area contributed by atoms with Gasteiger partial charge in [-0.2, -0.15) is 0 Å². The number of urea groups is 1. The van der Waals surface area contributed by atoms with Gasteiger partial charge in [0.15, 0.2) is 0 Å². The number of phenolic OH excluding ortho intramolecular Hbond substituents is 1. The number of halogens is 1. The zero-order valence-corrected chi connectivity index (χ0v) is 16.4. The van der Waals surface area contributed by atoms with Crippen molar-refractivity contribution in [2.24, 2.45) is 5.92 Å². The van der Waals surface area contributed by atoms with Gasteiger partial charge < -0.3 is 15.4 Å². The maximum atomic E-state index is 13.0. The summed E-state index contributed by atoms with van der Waals surface area (Å²) in [5.41, 5.74) is 1.18. The van der Waals surface area contributed by atoms with E-state index in [1.807, 2.05) is 10.6 Å². The van der Waals surface area contributed by atoms with Gasteiger partial charge in [0.1, 0.15) is 35.5 Å². The van der Waals surface area contributed by atoms with Gasteiger partial charge in [-0.3, -0.25) is 20.2 Å². The Kier molecular flexibility index (Phi) is 5.49. The first-order valence-corrected chi connectivity index (χ1v) is 9.09. The molecule has 1 aliphatic heterocycles. The van der Waals surface area contributed by atoms with Crippen molar-refractivity contribution in [1.29, 1.82) is 0 Å². The number of phenols is 1. The lowest BCUT2D eigenvalue weighted by atomic mass is 9.83. The monoisotopic (exact) mass is 422 g/mol. The van der Waals surface area contributed by atoms with Gasteiger partial charge >= 0.3 is 6.03 Å². The van der Waals surface area contributed by atoms with E-state index in [0.717, 1.165) is 0 Å². The molecule has 0 bridgehead atoms. The van der Waals surface area contributed by atoms with Crippen LogP contribution in [0.2, 0.25) is 5.02 Å². The topological polar surface area (TPSA) is 148 Å². The van der Waals surface area contributed by atoms with Crippen LogP contribution in [0.4, 0.5) is 4.79 Å². The molecule has 0 aliphatic carbocycles. The number of aliphatic hydroxyl groups excluding tert-OH is 1. The number of aromatic hydroxyl groups is 1. The summed E-state index contributed by atoms with van der Waals surface area (Å²) in [5.74, 6) is -4.53. The van der Waals surface area contributed by atoms with E-state index in [-0.39, 0.29) is 29.7 Å². The third-order valence-corrected chi connectivity index (χ3v) is 5.32. The molecule has 0 saturated carbocycles. The number of hydrogen-bond donors (Lipinski definition) is 4. The van der Waals surface area contributed by atoms with E-state index in [0.29, 0.717) is 21.7 Å². The summed E-state index contributed by atoms with van der Waals surface area (Å²) in [6, 6.07) is 3.11. The van der Waals surface area contributed by atoms with Crippen LogP contribution >= 0.6 is 11.6 Å². The van der Waals surface area contributed by atoms with Crippen LogP contribution in [0.25, 0.3) is 0 Å². The van der Waals surface area contributed by atoms with Gasteiger partial charge in [-0.05, 0) is 17.7 Å². The Labute approximate surface area is 170 Å². The molecule has 10 nitrogen and oxygen atoms in total. The van der Waals surface area contributed by atoms with E-state index in [9.17, 15) is 29.8 Å². The molecular formula is C18H19ClN4O6. The molecule has 1 aliphatic rings. The van der Waals surface area contributed by atoms with Gasteiger partial charge in [-0.1, -0.05) is 17.7 Å². The number of rotatable bonds is 5. The summed E-state index contributed by atoms with van der Waals surface area (Å²) in [6.07, 6.45) is 0. The van der Waals surface area contributed by atoms with Gasteiger partial charge in [-0.25, -0.2) is 14.1 Å². The predicted molar refractivity (Wildman–Crippen MR) is 100 cm³/mol. The number of carbonyl (C=O) groups is 3. The Morgan fingerprint density at radius 2 is 1.86 bits per heavy atom. The van der Waals surface area contributed by atoms with Crippen LogP contribution in [0.15, 0.2) is 18.2 Å². The number of hydrogen-bond acceptors (Lipinski definition) is 6. The number of aliphatic hydroxyl groups is 1. The second kappa shape index (κ2) is 7.72. The highest BCUT2D eigenvalue weighted by Crippen LogP contribution is 2.36. The summed E-state index contributed by atoms with van der Waals surface area (Å²) in [7, 11) is 0. The Bertz CT molecular complexity index is 998. The summed E-state index contributed by atoms with van der Waals surface area (Å²) in [5, 5.41) is 36.2. The van der Waals surface area contributed by atoms with Crippen LogP contribution in [-0.4, -0.2) is 39.2 Å². The van der Waals surface area contributed by atoms with E-state index in [1.165, 1.54) is 22.8 Å². The first-order chi connectivity index (χ1) is 13.7. The fraction of sp³-hybridized carbons (Fsp3) is 0.333. The maximum absolute atomic E-state index is 13.0. The Morgan fingerprint density at radius 1 is 1.24 bits per heavy atom. The third-order valence-electron chi connectivity index (χ3n) is 5.02. The van der Waals surface area contributed by atoms with Crippen molar-refractivity contribution in [3.8, 4) is 5.75 Å². The first kappa shape index (κ1) is 20.6. The number of nitrogens with one attached hydrogen (secondary N) is 2. The number of aromatic nitrogens is 2. The van der Waals surface area contributed by atoms with E-state index >= 15 is 0 Å². The molecule has 2 aromatic rings. The number of barbiturate groups is 1. The van der Waals surface area contributed by atoms with Gasteiger partial charge in [0.2, 0.25) is 11.8 Å². The van der Waals surface area contributed by atoms with Crippen molar-refractivity contribution >= 4 is 29.4 Å². The minimum absolute atomic E-state index is 0.0282. The molecule has 0 unspecified atom stereocenters. The largest absolute Gasteiger partial charge is 0.711 e. The zero-order chi connectivity index (χ0) is 21.5. The average molecular weight is 423 g/mol. The molecule has 1 aromatic carbocycles. The van der Waals surface area contributed by atoms with Crippen LogP contribution in [-0.2, 0) is 16.1 Å². The van der Waals surface area contributed by atoms with Crippen molar-refractivity contribution in [2.75, 3.05) is 6.61 Å². The second-order valence-corrected chi connectivity index (χ2v) is 7.08. The molecule has 0 spiro atoms. The molecule has 4 N–H and O–H groups in total. The Hall–Kier alpha value is -3.11. The molecule has 2 heterocycles. The minimum Gasteiger partial charge on any atom is -0.711 e. The smallest absolute Gasteiger partial charge is 0.328 e. The van der Waals surface area contributed by atoms with E-state index < -0.39 is 29.7 Å². The maximum Gasteiger partial charge on any atom is 0.328 e. The lowest BCUT2D eigenvalue weighted by Gasteiger charge is -2.28. The van der Waals surface area contributed by atoms with Crippen LogP contribution in [0.3, 0.4) is 0 Å². The summed E-state index contributed by atoms with van der Waals surface area (Å²) in [4.78, 5) is 36.7. The van der Waals surface area contributed by atoms with E-state index in [4.69, 9.17) is 11.6 Å². The molecule has 29 heavy (non-hydrogen) atoms. The highest BCUT2D eigenvalue weighted by molar-refractivity contribution is 6.32. The average Bonchev–Trinajstić information content (AvgIpc) is 2.85. The standard InChI is InChI=1S/C18H19ClN4O6/c1-8-9(2)23(29)17(22(8)5-6-24)13(10-3-4-12(25)11(19)7-10)14-15(26)20-18(28)21-16(14)27/h3-4,7,13-14,24-25H,5-6H2,1-2H3,(H2,20,21,26,27,28)/t13-/m0/s1. The molecular weight excluding hydrogens is 404 g/mol. The Morgan fingerprint density at radius 3 is 2.41 bits per heavy atom. The molecule has 154 valence electrons. The normalized spacial score (nSPS) is 15.9. The summed E-state index contributed by atoms with van der Waals surface area (Å²) < 4.78 is 2.11. The number of imide groups is 2. The molecule has 1 fully saturated rings. The number of nitrogens with zero attached hydrogens (tertiary/aromatic N) is 2. The fourth-order valence-corrected chi connectivity index (χ4v) is 3.70. The summed E-state index contributed by atoms with van der Waals surface area (Å²) in [6.45, 7) is 3.01. The van der Waals surface area contributed by atoms with Crippen molar-refractivity contribution in [3.63, 3.8) is 0 Å². The number of benzene rings is 1. The number of imidazole rings is 1. The first-order valence-electron chi connectivity index (χ1n) is 8.71. The second-order valence-electron chi connectivity index (χ2n) is 6.67. The lowest BCUT2D eigenvalue weighted by Crippen LogP contribution is -2.58. The molecule has 4 amide bonds. The molecule has 1 aromatic heterocycles. The van der Waals surface area contributed by atoms with Gasteiger partial charge in [0.05, 0.1) is 11.6 Å². The third kappa shape index (κ3) is 3.52. The molecule has 0 radical (unpaired) electrons. The Balaban J connectivity index is 2.29. The minimum atomic E-state index is -1.46. The van der Waals surface area contributed by atoms with Crippen LogP contribution in [0, 0.1) is 25.0 Å². The van der Waals surface area contributed by atoms with Crippen molar-refractivity contribution in [3.05, 3.63) is 51.2 Å². The van der Waals surface area contributed by atoms with Gasteiger partial charge in [0.25, 0.3) is 5.82 Å². The van der Waals surface area contributed by atoms with Crippen molar-refractivity contribution in [2.45, 2.75) is 26.3 Å². The van der Waals surface area contributed by atoms with Crippen LogP contribution in [0.5, 0.6) is 5.75 Å².